The smallest absolute Gasteiger partial charge is 0.349 e. The standard InChI is InChI=1S/C26H32F5N5O2/c1-2-3-21(37)34-22(14-4-5-14)16-10-20-33-19(13-36(20)32-12-16)23(15-6-8-25(27,28)9-7-15)35-24(38)17-11-18(17)26(29,30)31/h10,12-15,17-18,22-23H,2-9,11H2,1H3,(H,34,37)(H,35,38)/t17-,18-,22-,23+/m1/s1. The summed E-state index contributed by atoms with van der Waals surface area (Å²) in [6.07, 6.45) is 1.18. The molecule has 3 aliphatic rings. The van der Waals surface area contributed by atoms with Crippen LogP contribution in [0.4, 0.5) is 22.0 Å². The number of nitrogens with one attached hydrogen (secondary N) is 2. The zero-order valence-electron chi connectivity index (χ0n) is 21.1. The Hall–Kier alpha value is -2.79. The Balaban J connectivity index is 1.39. The van der Waals surface area contributed by atoms with Crippen LogP contribution in [0.1, 0.15) is 88.1 Å². The molecule has 0 aliphatic heterocycles. The second-order valence-electron chi connectivity index (χ2n) is 11.1. The fourth-order valence-electron chi connectivity index (χ4n) is 5.54. The van der Waals surface area contributed by atoms with Crippen molar-refractivity contribution in [1.29, 1.82) is 0 Å². The molecular weight excluding hydrogens is 509 g/mol. The SMILES string of the molecule is CCCC(=O)N[C@@H](c1cnn2cc([C@@H](NC(=O)[C@@H]3C[C@H]3C(F)(F)F)C3CCC(F)(F)CC3)nc2c1)C1CC1. The number of rotatable bonds is 9. The Morgan fingerprint density at radius 3 is 2.39 bits per heavy atom. The lowest BCUT2D eigenvalue weighted by molar-refractivity contribution is -0.155. The number of carbonyl (C=O) groups is 2. The van der Waals surface area contributed by atoms with Gasteiger partial charge in [0.1, 0.15) is 0 Å². The van der Waals surface area contributed by atoms with Gasteiger partial charge in [-0.2, -0.15) is 18.3 Å². The average molecular weight is 542 g/mol. The molecule has 0 saturated heterocycles. The molecular formula is C26H32F5N5O2. The predicted octanol–water partition coefficient (Wildman–Crippen LogP) is 5.28. The van der Waals surface area contributed by atoms with E-state index in [0.717, 1.165) is 24.8 Å². The third kappa shape index (κ3) is 5.93. The lowest BCUT2D eigenvalue weighted by atomic mass is 9.81. The van der Waals surface area contributed by atoms with Crippen LogP contribution in [0.15, 0.2) is 18.5 Å². The molecule has 2 aromatic heterocycles. The van der Waals surface area contributed by atoms with Crippen molar-refractivity contribution in [3.63, 3.8) is 0 Å². The number of imidazole rings is 1. The van der Waals surface area contributed by atoms with Gasteiger partial charge in [0, 0.05) is 19.3 Å². The number of halogens is 5. The number of carbonyl (C=O) groups excluding carboxylic acids is 2. The van der Waals surface area contributed by atoms with Crippen LogP contribution in [-0.2, 0) is 9.59 Å². The number of nitrogens with zero attached hydrogens (tertiary/aromatic N) is 3. The highest BCUT2D eigenvalue weighted by atomic mass is 19.4. The van der Waals surface area contributed by atoms with E-state index in [9.17, 15) is 31.5 Å². The molecule has 208 valence electrons. The minimum atomic E-state index is -4.45. The van der Waals surface area contributed by atoms with Gasteiger partial charge in [0.25, 0.3) is 0 Å². The first-order chi connectivity index (χ1) is 17.9. The van der Waals surface area contributed by atoms with Crippen molar-refractivity contribution >= 4 is 17.5 Å². The van der Waals surface area contributed by atoms with Crippen molar-refractivity contribution in [2.75, 3.05) is 0 Å². The third-order valence-electron chi connectivity index (χ3n) is 8.00. The molecule has 12 heteroatoms. The summed E-state index contributed by atoms with van der Waals surface area (Å²) in [7, 11) is 0. The zero-order valence-corrected chi connectivity index (χ0v) is 21.1. The molecule has 7 nitrogen and oxygen atoms in total. The summed E-state index contributed by atoms with van der Waals surface area (Å²) in [6, 6.07) is 0.805. The molecule has 0 aromatic carbocycles. The van der Waals surface area contributed by atoms with Crippen LogP contribution in [0.5, 0.6) is 0 Å². The van der Waals surface area contributed by atoms with Gasteiger partial charge < -0.3 is 10.6 Å². The summed E-state index contributed by atoms with van der Waals surface area (Å²) < 4.78 is 68.4. The molecule has 2 N–H and O–H groups in total. The summed E-state index contributed by atoms with van der Waals surface area (Å²) in [4.78, 5) is 29.7. The molecule has 5 rings (SSSR count). The average Bonchev–Trinajstić information content (AvgIpc) is 3.76. The lowest BCUT2D eigenvalue weighted by Gasteiger charge is -2.33. The van der Waals surface area contributed by atoms with Gasteiger partial charge in [0.15, 0.2) is 5.65 Å². The fraction of sp³-hybridized carbons (Fsp3) is 0.692. The second kappa shape index (κ2) is 10.1. The van der Waals surface area contributed by atoms with Gasteiger partial charge in [-0.05, 0) is 62.0 Å². The van der Waals surface area contributed by atoms with Crippen molar-refractivity contribution in [3.05, 3.63) is 29.7 Å². The highest BCUT2D eigenvalue weighted by Gasteiger charge is 2.59. The topological polar surface area (TPSA) is 88.4 Å². The van der Waals surface area contributed by atoms with Crippen LogP contribution in [0.25, 0.3) is 5.65 Å². The maximum Gasteiger partial charge on any atom is 0.392 e. The second-order valence-corrected chi connectivity index (χ2v) is 11.1. The molecule has 4 atom stereocenters. The van der Waals surface area contributed by atoms with Gasteiger partial charge in [-0.25, -0.2) is 18.3 Å². The molecule has 0 bridgehead atoms. The first kappa shape index (κ1) is 26.8. The minimum Gasteiger partial charge on any atom is -0.349 e. The highest BCUT2D eigenvalue weighted by Crippen LogP contribution is 2.51. The minimum absolute atomic E-state index is 0.0394. The Labute approximate surface area is 216 Å². The number of alkyl halides is 5. The maximum absolute atomic E-state index is 13.9. The fourth-order valence-corrected chi connectivity index (χ4v) is 5.54. The van der Waals surface area contributed by atoms with Gasteiger partial charge in [-0.1, -0.05) is 6.92 Å². The normalized spacial score (nSPS) is 25.1. The predicted molar refractivity (Wildman–Crippen MR) is 127 cm³/mol. The molecule has 0 unspecified atom stereocenters. The Morgan fingerprint density at radius 1 is 1.11 bits per heavy atom. The van der Waals surface area contributed by atoms with Crippen LogP contribution in [-0.4, -0.2) is 38.5 Å². The molecule has 3 fully saturated rings. The van der Waals surface area contributed by atoms with Gasteiger partial charge in [-0.15, -0.1) is 0 Å². The van der Waals surface area contributed by atoms with Crippen LogP contribution in [0.2, 0.25) is 0 Å². The summed E-state index contributed by atoms with van der Waals surface area (Å²) in [5.74, 6) is -6.49. The number of hydrogen-bond donors (Lipinski definition) is 2. The molecule has 2 aromatic rings. The van der Waals surface area contributed by atoms with E-state index < -0.39 is 41.8 Å². The van der Waals surface area contributed by atoms with Crippen LogP contribution < -0.4 is 10.6 Å². The first-order valence-electron chi connectivity index (χ1n) is 13.3. The van der Waals surface area contributed by atoms with E-state index in [4.69, 9.17) is 0 Å². The maximum atomic E-state index is 13.9. The van der Waals surface area contributed by atoms with E-state index in [1.165, 1.54) is 4.52 Å². The Kier molecular flexibility index (Phi) is 7.10. The number of amides is 2. The van der Waals surface area contributed by atoms with Crippen molar-refractivity contribution in [3.8, 4) is 0 Å². The van der Waals surface area contributed by atoms with Gasteiger partial charge >= 0.3 is 6.18 Å². The van der Waals surface area contributed by atoms with Crippen molar-refractivity contribution in [2.24, 2.45) is 23.7 Å². The Morgan fingerprint density at radius 2 is 1.79 bits per heavy atom. The third-order valence-corrected chi connectivity index (χ3v) is 8.00. The van der Waals surface area contributed by atoms with Crippen molar-refractivity contribution < 1.29 is 31.5 Å². The van der Waals surface area contributed by atoms with E-state index in [2.05, 4.69) is 20.7 Å². The molecule has 0 spiro atoms. The van der Waals surface area contributed by atoms with Gasteiger partial charge in [0.05, 0.1) is 42.0 Å². The molecule has 3 saturated carbocycles. The van der Waals surface area contributed by atoms with Gasteiger partial charge in [-0.3, -0.25) is 9.59 Å². The molecule has 2 heterocycles. The number of fused-ring (bicyclic) bond motifs is 1. The first-order valence-corrected chi connectivity index (χ1v) is 13.3. The number of aromatic nitrogens is 3. The monoisotopic (exact) mass is 541 g/mol. The van der Waals surface area contributed by atoms with Gasteiger partial charge in [0.2, 0.25) is 17.7 Å². The van der Waals surface area contributed by atoms with E-state index in [1.54, 1.807) is 18.5 Å². The van der Waals surface area contributed by atoms with E-state index in [1.807, 2.05) is 6.92 Å². The van der Waals surface area contributed by atoms with Crippen molar-refractivity contribution in [1.82, 2.24) is 25.2 Å². The van der Waals surface area contributed by atoms with Crippen molar-refractivity contribution in [2.45, 2.75) is 88.9 Å². The highest BCUT2D eigenvalue weighted by molar-refractivity contribution is 5.82. The summed E-state index contributed by atoms with van der Waals surface area (Å²) in [6.45, 7) is 1.93. The zero-order chi connectivity index (χ0) is 27.2. The van der Waals surface area contributed by atoms with E-state index >= 15 is 0 Å². The summed E-state index contributed by atoms with van der Waals surface area (Å²) in [5.41, 5.74) is 1.62. The largest absolute Gasteiger partial charge is 0.392 e. The molecule has 38 heavy (non-hydrogen) atoms. The molecule has 3 aliphatic carbocycles. The lowest BCUT2D eigenvalue weighted by Crippen LogP contribution is -2.38. The molecule has 2 amide bonds. The molecule has 0 radical (unpaired) electrons. The summed E-state index contributed by atoms with van der Waals surface area (Å²) >= 11 is 0. The quantitative estimate of drug-likeness (QED) is 0.423. The van der Waals surface area contributed by atoms with Crippen LogP contribution in [0.3, 0.4) is 0 Å². The van der Waals surface area contributed by atoms with E-state index in [0.29, 0.717) is 23.7 Å². The summed E-state index contributed by atoms with van der Waals surface area (Å²) in [5, 5.41) is 10.2. The Bertz CT molecular complexity index is 1180. The number of hydrogen-bond acceptors (Lipinski definition) is 4. The van der Waals surface area contributed by atoms with Crippen LogP contribution in [0, 0.1) is 23.7 Å². The van der Waals surface area contributed by atoms with E-state index in [-0.39, 0.29) is 44.1 Å². The van der Waals surface area contributed by atoms with Crippen LogP contribution >= 0.6 is 0 Å².